The number of likely N-dealkylation sites (tertiary alicyclic amines) is 1. The summed E-state index contributed by atoms with van der Waals surface area (Å²) in [5.41, 5.74) is 1.61. The monoisotopic (exact) mass is 428 g/mol. The van der Waals surface area contributed by atoms with Gasteiger partial charge in [-0.3, -0.25) is 14.6 Å². The average Bonchev–Trinajstić information content (AvgIpc) is 3.51. The number of carbonyl (C=O) groups excluding carboxylic acids is 1. The van der Waals surface area contributed by atoms with Gasteiger partial charge in [-0.25, -0.2) is 4.98 Å². The Labute approximate surface area is 183 Å². The maximum atomic E-state index is 12.6. The SMILES string of the molecule is COc1ccc(CN(CCN2CCOCC2)Cc2nc(C(=O)N3CCCC3)co2)cc1. The number of benzene rings is 1. The molecule has 0 atom stereocenters. The van der Waals surface area contributed by atoms with Gasteiger partial charge in [-0.2, -0.15) is 0 Å². The molecule has 8 heteroatoms. The molecule has 0 aliphatic carbocycles. The zero-order valence-corrected chi connectivity index (χ0v) is 18.3. The molecule has 31 heavy (non-hydrogen) atoms. The van der Waals surface area contributed by atoms with Gasteiger partial charge in [0.15, 0.2) is 5.69 Å². The Kier molecular flexibility index (Phi) is 7.56. The highest BCUT2D eigenvalue weighted by atomic mass is 16.5. The number of amides is 1. The molecule has 2 aromatic rings. The Hall–Kier alpha value is -2.42. The molecule has 2 saturated heterocycles. The maximum Gasteiger partial charge on any atom is 0.275 e. The van der Waals surface area contributed by atoms with Crippen LogP contribution in [0.1, 0.15) is 34.8 Å². The zero-order valence-electron chi connectivity index (χ0n) is 18.3. The first-order chi connectivity index (χ1) is 15.2. The Morgan fingerprint density at radius 2 is 1.84 bits per heavy atom. The van der Waals surface area contributed by atoms with Crippen molar-refractivity contribution < 1.29 is 18.7 Å². The lowest BCUT2D eigenvalue weighted by Crippen LogP contribution is -2.41. The number of ether oxygens (including phenoxy) is 2. The molecule has 168 valence electrons. The van der Waals surface area contributed by atoms with Crippen LogP contribution in [0.25, 0.3) is 0 Å². The number of rotatable bonds is 9. The van der Waals surface area contributed by atoms with Crippen LogP contribution in [0.5, 0.6) is 5.75 Å². The Morgan fingerprint density at radius 1 is 1.10 bits per heavy atom. The van der Waals surface area contributed by atoms with Gasteiger partial charge in [0.1, 0.15) is 12.0 Å². The van der Waals surface area contributed by atoms with Crippen LogP contribution in [0.2, 0.25) is 0 Å². The maximum absolute atomic E-state index is 12.6. The van der Waals surface area contributed by atoms with E-state index in [1.165, 1.54) is 11.8 Å². The van der Waals surface area contributed by atoms with Crippen LogP contribution in [0, 0.1) is 0 Å². The topological polar surface area (TPSA) is 71.3 Å². The number of aromatic nitrogens is 1. The number of hydrogen-bond acceptors (Lipinski definition) is 7. The van der Waals surface area contributed by atoms with Crippen LogP contribution in [-0.4, -0.2) is 85.2 Å². The summed E-state index contributed by atoms with van der Waals surface area (Å²) in [6.45, 7) is 8.29. The molecule has 3 heterocycles. The summed E-state index contributed by atoms with van der Waals surface area (Å²) in [4.78, 5) is 23.7. The van der Waals surface area contributed by atoms with Crippen molar-refractivity contribution in [1.29, 1.82) is 0 Å². The van der Waals surface area contributed by atoms with Gasteiger partial charge in [-0.05, 0) is 30.5 Å². The van der Waals surface area contributed by atoms with E-state index in [4.69, 9.17) is 13.9 Å². The quantitative estimate of drug-likeness (QED) is 0.607. The largest absolute Gasteiger partial charge is 0.497 e. The number of nitrogens with zero attached hydrogens (tertiary/aromatic N) is 4. The predicted molar refractivity (Wildman–Crippen MR) is 116 cm³/mol. The van der Waals surface area contributed by atoms with E-state index in [0.717, 1.165) is 77.6 Å². The third-order valence-electron chi connectivity index (χ3n) is 5.92. The summed E-state index contributed by atoms with van der Waals surface area (Å²) < 4.78 is 16.4. The van der Waals surface area contributed by atoms with Crippen molar-refractivity contribution in [2.75, 3.05) is 59.6 Å². The summed E-state index contributed by atoms with van der Waals surface area (Å²) in [7, 11) is 1.67. The van der Waals surface area contributed by atoms with Crippen molar-refractivity contribution in [2.24, 2.45) is 0 Å². The van der Waals surface area contributed by atoms with Crippen molar-refractivity contribution >= 4 is 5.91 Å². The smallest absolute Gasteiger partial charge is 0.275 e. The van der Waals surface area contributed by atoms with Crippen LogP contribution >= 0.6 is 0 Å². The molecule has 0 N–H and O–H groups in total. The van der Waals surface area contributed by atoms with Gasteiger partial charge in [-0.1, -0.05) is 12.1 Å². The summed E-state index contributed by atoms with van der Waals surface area (Å²) in [5, 5.41) is 0. The number of oxazole rings is 1. The summed E-state index contributed by atoms with van der Waals surface area (Å²) >= 11 is 0. The first-order valence-electron chi connectivity index (χ1n) is 11.1. The second kappa shape index (κ2) is 10.7. The summed E-state index contributed by atoms with van der Waals surface area (Å²) in [5.74, 6) is 1.40. The molecule has 8 nitrogen and oxygen atoms in total. The fourth-order valence-corrected chi connectivity index (χ4v) is 4.07. The van der Waals surface area contributed by atoms with E-state index in [0.29, 0.717) is 18.1 Å². The highest BCUT2D eigenvalue weighted by Gasteiger charge is 2.23. The molecule has 0 radical (unpaired) electrons. The highest BCUT2D eigenvalue weighted by molar-refractivity contribution is 5.92. The van der Waals surface area contributed by atoms with Crippen molar-refractivity contribution in [3.63, 3.8) is 0 Å². The Bertz CT molecular complexity index is 826. The van der Waals surface area contributed by atoms with E-state index in [-0.39, 0.29) is 5.91 Å². The minimum atomic E-state index is -0.0254. The van der Waals surface area contributed by atoms with Gasteiger partial charge in [0.25, 0.3) is 5.91 Å². The van der Waals surface area contributed by atoms with Crippen molar-refractivity contribution in [2.45, 2.75) is 25.9 Å². The molecule has 0 bridgehead atoms. The molecule has 0 unspecified atom stereocenters. The van der Waals surface area contributed by atoms with Crippen LogP contribution in [0.3, 0.4) is 0 Å². The Morgan fingerprint density at radius 3 is 2.55 bits per heavy atom. The molecule has 1 aromatic carbocycles. The summed E-state index contributed by atoms with van der Waals surface area (Å²) in [6.07, 6.45) is 3.63. The Balaban J connectivity index is 1.40. The van der Waals surface area contributed by atoms with E-state index in [9.17, 15) is 4.79 Å². The van der Waals surface area contributed by atoms with E-state index in [1.54, 1.807) is 7.11 Å². The van der Waals surface area contributed by atoms with E-state index >= 15 is 0 Å². The van der Waals surface area contributed by atoms with E-state index < -0.39 is 0 Å². The van der Waals surface area contributed by atoms with Crippen molar-refractivity contribution in [1.82, 2.24) is 19.7 Å². The van der Waals surface area contributed by atoms with Crippen LogP contribution in [0.15, 0.2) is 34.9 Å². The molecule has 2 aliphatic heterocycles. The number of hydrogen-bond donors (Lipinski definition) is 0. The standard InChI is InChI=1S/C23H32N4O4/c1-29-20-6-4-19(5-7-20)16-26(11-10-25-12-14-30-15-13-25)17-22-24-21(18-31-22)23(28)27-8-2-3-9-27/h4-7,18H,2-3,8-17H2,1H3. The molecular formula is C23H32N4O4. The lowest BCUT2D eigenvalue weighted by molar-refractivity contribution is 0.0320. The second-order valence-corrected chi connectivity index (χ2v) is 8.14. The molecule has 2 aliphatic rings. The lowest BCUT2D eigenvalue weighted by atomic mass is 10.2. The average molecular weight is 429 g/mol. The molecule has 4 rings (SSSR count). The minimum Gasteiger partial charge on any atom is -0.497 e. The van der Waals surface area contributed by atoms with Crippen molar-refractivity contribution in [3.05, 3.63) is 47.7 Å². The fraction of sp³-hybridized carbons (Fsp3) is 0.565. The van der Waals surface area contributed by atoms with Crippen LogP contribution < -0.4 is 4.74 Å². The third-order valence-corrected chi connectivity index (χ3v) is 5.92. The lowest BCUT2D eigenvalue weighted by Gasteiger charge is -2.29. The van der Waals surface area contributed by atoms with E-state index in [1.807, 2.05) is 17.0 Å². The predicted octanol–water partition coefficient (Wildman–Crippen LogP) is 2.25. The zero-order chi connectivity index (χ0) is 21.5. The first-order valence-corrected chi connectivity index (χ1v) is 11.1. The van der Waals surface area contributed by atoms with Gasteiger partial charge >= 0.3 is 0 Å². The van der Waals surface area contributed by atoms with Gasteiger partial charge in [0, 0.05) is 45.8 Å². The molecule has 1 aromatic heterocycles. The molecule has 1 amide bonds. The van der Waals surface area contributed by atoms with Gasteiger partial charge in [-0.15, -0.1) is 0 Å². The fourth-order valence-electron chi connectivity index (χ4n) is 4.07. The van der Waals surface area contributed by atoms with Gasteiger partial charge < -0.3 is 18.8 Å². The van der Waals surface area contributed by atoms with Crippen molar-refractivity contribution in [3.8, 4) is 5.75 Å². The number of methoxy groups -OCH3 is 1. The highest BCUT2D eigenvalue weighted by Crippen LogP contribution is 2.17. The van der Waals surface area contributed by atoms with Crippen LogP contribution in [0.4, 0.5) is 0 Å². The molecule has 2 fully saturated rings. The molecule has 0 spiro atoms. The second-order valence-electron chi connectivity index (χ2n) is 8.14. The number of carbonyl (C=O) groups is 1. The normalized spacial score (nSPS) is 17.4. The first kappa shape index (κ1) is 21.8. The van der Waals surface area contributed by atoms with E-state index in [2.05, 4.69) is 26.9 Å². The summed E-state index contributed by atoms with van der Waals surface area (Å²) in [6, 6.07) is 8.12. The minimum absolute atomic E-state index is 0.0254. The number of morpholine rings is 1. The van der Waals surface area contributed by atoms with Crippen LogP contribution in [-0.2, 0) is 17.8 Å². The van der Waals surface area contributed by atoms with Gasteiger partial charge in [0.2, 0.25) is 5.89 Å². The third kappa shape index (κ3) is 6.06. The molecular weight excluding hydrogens is 396 g/mol. The molecule has 0 saturated carbocycles. The van der Waals surface area contributed by atoms with Gasteiger partial charge in [0.05, 0.1) is 26.9 Å².